The molecule has 6 rings (SSSR count). The molecule has 70 heavy (non-hydrogen) atoms. The number of fused-ring (bicyclic) bond motifs is 3. The largest absolute Gasteiger partial charge is 0.343 e. The number of likely N-dealkylation sites (N-methyl/N-ethyl adjacent to an activating group) is 2. The quantitative estimate of drug-likeness (QED) is 0.177. The molecule has 7 amide bonds. The first-order chi connectivity index (χ1) is 33.2. The van der Waals surface area contributed by atoms with Gasteiger partial charge in [0.1, 0.15) is 42.3 Å². The summed E-state index contributed by atoms with van der Waals surface area (Å²) in [5, 5.41) is 14.5. The van der Waals surface area contributed by atoms with Crippen molar-refractivity contribution in [2.24, 2.45) is 17.8 Å². The van der Waals surface area contributed by atoms with Crippen LogP contribution in [0.3, 0.4) is 0 Å². The van der Waals surface area contributed by atoms with Crippen molar-refractivity contribution >= 4 is 63.8 Å². The van der Waals surface area contributed by atoms with E-state index in [-0.39, 0.29) is 56.4 Å². The van der Waals surface area contributed by atoms with E-state index in [1.807, 2.05) is 90.2 Å². The smallest absolute Gasteiger partial charge is 0.246 e. The molecule has 2 bridgehead atoms. The summed E-state index contributed by atoms with van der Waals surface area (Å²) >= 11 is 1.19. The van der Waals surface area contributed by atoms with Crippen molar-refractivity contribution in [1.82, 2.24) is 44.9 Å². The highest BCUT2D eigenvalue weighted by atomic mass is 32.1. The summed E-state index contributed by atoms with van der Waals surface area (Å²) in [7, 11) is 3.05. The lowest BCUT2D eigenvalue weighted by Crippen LogP contribution is -2.61. The van der Waals surface area contributed by atoms with Crippen LogP contribution in [0.15, 0.2) is 66.7 Å². The Morgan fingerprint density at radius 2 is 1.41 bits per heavy atom. The number of allylic oxidation sites excluding steroid dienone is 1. The number of rotatable bonds is 12. The Balaban J connectivity index is 1.49. The van der Waals surface area contributed by atoms with E-state index >= 15 is 9.59 Å². The number of hydrogen-bond donors (Lipinski definition) is 4. The highest BCUT2D eigenvalue weighted by Crippen LogP contribution is 2.32. The lowest BCUT2D eigenvalue weighted by atomic mass is 9.80. The molecule has 4 N–H and O–H groups in total. The Hall–Kier alpha value is -5.84. The van der Waals surface area contributed by atoms with Crippen LogP contribution in [0.4, 0.5) is 0 Å². The Bertz CT molecular complexity index is 2410. The molecule has 0 spiro atoms. The lowest BCUT2D eigenvalue weighted by molar-refractivity contribution is -0.150. The molecule has 3 aromatic rings. The van der Waals surface area contributed by atoms with Gasteiger partial charge in [-0.2, -0.15) is 4.37 Å². The summed E-state index contributed by atoms with van der Waals surface area (Å²) in [6.07, 6.45) is 11.8. The third kappa shape index (κ3) is 12.7. The Morgan fingerprint density at radius 1 is 0.771 bits per heavy atom. The van der Waals surface area contributed by atoms with Crippen LogP contribution in [0.1, 0.15) is 111 Å². The number of hydrogen-bond acceptors (Lipinski definition) is 9. The summed E-state index contributed by atoms with van der Waals surface area (Å²) < 4.78 is 6.49. The maximum atomic E-state index is 15.3. The van der Waals surface area contributed by atoms with Gasteiger partial charge in [-0.05, 0) is 99.9 Å². The fourth-order valence-electron chi connectivity index (χ4n) is 9.81. The Morgan fingerprint density at radius 3 is 2.06 bits per heavy atom. The maximum Gasteiger partial charge on any atom is 0.246 e. The summed E-state index contributed by atoms with van der Waals surface area (Å²) in [5.41, 5.74) is 1.70. The van der Waals surface area contributed by atoms with E-state index in [1.165, 1.54) is 47.3 Å². The van der Waals surface area contributed by atoms with E-state index < -0.39 is 89.2 Å². The zero-order chi connectivity index (χ0) is 51.0. The van der Waals surface area contributed by atoms with Crippen molar-refractivity contribution in [2.75, 3.05) is 20.6 Å². The molecule has 380 valence electrons. The van der Waals surface area contributed by atoms with Gasteiger partial charge in [-0.1, -0.05) is 83.4 Å². The monoisotopic (exact) mass is 982 g/mol. The van der Waals surface area contributed by atoms with Gasteiger partial charge in [-0.3, -0.25) is 33.6 Å². The number of carbonyl (C=O) groups excluding carboxylic acids is 7. The fourth-order valence-corrected chi connectivity index (χ4v) is 10.4. The fraction of sp³-hybridized carbons (Fsp3) is 0.585. The van der Waals surface area contributed by atoms with Crippen LogP contribution >= 0.6 is 11.5 Å². The van der Waals surface area contributed by atoms with Crippen molar-refractivity contribution in [3.63, 3.8) is 0 Å². The SMILES string of the molecule is C=CC(C)(C)n1cc(C[C@@H]2NC(=O)[C@H](CC3CCC3)NC(=O)[C@H](CC(C)C)N3CC/C=C\C[C@@H](C3=O)N(C)C(=O)[C@H](C)NC(=O)[C@H](Cc3ccsn3)NC(=O)[C@H](CC(C)C)N(C)C2=O)c2ccccc21. The van der Waals surface area contributed by atoms with Gasteiger partial charge >= 0.3 is 0 Å². The molecule has 1 aliphatic carbocycles. The van der Waals surface area contributed by atoms with Crippen molar-refractivity contribution in [2.45, 2.75) is 161 Å². The predicted molar refractivity (Wildman–Crippen MR) is 272 cm³/mol. The average molecular weight is 982 g/mol. The van der Waals surface area contributed by atoms with Crippen LogP contribution < -0.4 is 21.3 Å². The molecule has 3 aliphatic rings. The molecule has 2 aliphatic heterocycles. The lowest BCUT2D eigenvalue weighted by Gasteiger charge is -2.39. The molecule has 7 atom stereocenters. The summed E-state index contributed by atoms with van der Waals surface area (Å²) in [6, 6.07) is 1.86. The molecule has 1 aromatic carbocycles. The van der Waals surface area contributed by atoms with Gasteiger partial charge < -0.3 is 40.5 Å². The average Bonchev–Trinajstić information content (AvgIpc) is 3.96. The van der Waals surface area contributed by atoms with Crippen molar-refractivity contribution in [3.05, 3.63) is 78.0 Å². The van der Waals surface area contributed by atoms with E-state index in [2.05, 4.69) is 36.8 Å². The van der Waals surface area contributed by atoms with Crippen molar-refractivity contribution in [1.29, 1.82) is 0 Å². The first-order valence-corrected chi connectivity index (χ1v) is 25.9. The zero-order valence-electron chi connectivity index (χ0n) is 42.5. The second-order valence-corrected chi connectivity index (χ2v) is 21.6. The van der Waals surface area contributed by atoms with Crippen LogP contribution in [0.2, 0.25) is 0 Å². The summed E-state index contributed by atoms with van der Waals surface area (Å²) in [5.74, 6) is -3.80. The molecule has 1 saturated heterocycles. The van der Waals surface area contributed by atoms with Gasteiger partial charge in [0.2, 0.25) is 41.4 Å². The molecular weight excluding hydrogens is 907 g/mol. The summed E-state index contributed by atoms with van der Waals surface area (Å²) in [4.78, 5) is 108. The zero-order valence-corrected chi connectivity index (χ0v) is 43.4. The molecule has 16 nitrogen and oxygen atoms in total. The summed E-state index contributed by atoms with van der Waals surface area (Å²) in [6.45, 7) is 17.7. The normalized spacial score (nSPS) is 26.0. The molecule has 17 heteroatoms. The van der Waals surface area contributed by atoms with Crippen LogP contribution in [-0.4, -0.2) is 128 Å². The molecule has 2 aromatic heterocycles. The third-order valence-electron chi connectivity index (χ3n) is 14.3. The number of nitrogens with one attached hydrogen (secondary N) is 4. The molecule has 1 saturated carbocycles. The van der Waals surface area contributed by atoms with Gasteiger partial charge in [0.15, 0.2) is 0 Å². The van der Waals surface area contributed by atoms with Gasteiger partial charge in [-0.25, -0.2) is 0 Å². The number of amides is 7. The van der Waals surface area contributed by atoms with Gasteiger partial charge in [0, 0.05) is 56.0 Å². The standard InChI is InChI=1S/C53H75N9O7S/c1-11-53(7,8)62-31-36(38-20-14-15-21-42(38)62)29-41-51(68)60(10)44(26-32(2)3)48(65)56-40(30-37-23-25-70-58-37)46(63)54-34(6)50(67)59(9)43-22-13-12-16-24-61(52(43)69)45(27-33(4)5)49(66)55-39(47(64)57-41)28-35-18-17-19-35/h11-15,20-21,23,25,31-35,39-41,43-45H,1,16-19,22,24,26-30H2,2-10H3,(H,54,63)(H,55,66)(H,56,65)(H,57,64)/b13-12-/t34-,39-,40-,41-,43-,44-,45-/m0/s1. The van der Waals surface area contributed by atoms with E-state index in [9.17, 15) is 24.0 Å². The molecule has 0 radical (unpaired) electrons. The van der Waals surface area contributed by atoms with E-state index in [1.54, 1.807) is 11.4 Å². The minimum atomic E-state index is -1.22. The molecule has 2 fully saturated rings. The highest BCUT2D eigenvalue weighted by Gasteiger charge is 2.42. The first-order valence-electron chi connectivity index (χ1n) is 25.0. The van der Waals surface area contributed by atoms with Crippen molar-refractivity contribution in [3.8, 4) is 0 Å². The number of aromatic nitrogens is 2. The topological polar surface area (TPSA) is 195 Å². The predicted octanol–water partition coefficient (Wildman–Crippen LogP) is 5.26. The molecule has 0 unspecified atom stereocenters. The van der Waals surface area contributed by atoms with E-state index in [4.69, 9.17) is 0 Å². The van der Waals surface area contributed by atoms with Crippen LogP contribution in [0, 0.1) is 17.8 Å². The Kier molecular flexibility index (Phi) is 17.9. The second-order valence-electron chi connectivity index (χ2n) is 21.0. The van der Waals surface area contributed by atoms with E-state index in [0.717, 1.165) is 35.7 Å². The number of nitrogens with zero attached hydrogens (tertiary/aromatic N) is 5. The van der Waals surface area contributed by atoms with Gasteiger partial charge in [-0.15, -0.1) is 6.58 Å². The highest BCUT2D eigenvalue weighted by molar-refractivity contribution is 7.03. The minimum absolute atomic E-state index is 0.00476. The number of carbonyl (C=O) groups is 7. The maximum absolute atomic E-state index is 15.3. The minimum Gasteiger partial charge on any atom is -0.343 e. The second kappa shape index (κ2) is 23.4. The van der Waals surface area contributed by atoms with Gasteiger partial charge in [0.25, 0.3) is 0 Å². The van der Waals surface area contributed by atoms with Crippen molar-refractivity contribution < 1.29 is 33.6 Å². The van der Waals surface area contributed by atoms with Crippen LogP contribution in [0.25, 0.3) is 10.9 Å². The van der Waals surface area contributed by atoms with E-state index in [0.29, 0.717) is 18.5 Å². The van der Waals surface area contributed by atoms with Gasteiger partial charge in [0.05, 0.1) is 11.2 Å². The van der Waals surface area contributed by atoms with Crippen LogP contribution in [-0.2, 0) is 51.9 Å². The Labute approximate surface area is 417 Å². The number of benzene rings is 1. The molecular formula is C53H75N9O7S. The number of para-hydroxylation sites is 1. The third-order valence-corrected chi connectivity index (χ3v) is 14.9. The molecule has 4 heterocycles. The van der Waals surface area contributed by atoms with Crippen LogP contribution in [0.5, 0.6) is 0 Å². The first kappa shape index (κ1) is 53.5.